The monoisotopic (exact) mass is 436 g/mol. The Kier molecular flexibility index (Phi) is 6.12. The Balaban J connectivity index is 1.93. The molecule has 1 heterocycles. The third-order valence-corrected chi connectivity index (χ3v) is 6.58. The predicted octanol–water partition coefficient (Wildman–Crippen LogP) is 4.03. The fourth-order valence-corrected chi connectivity index (χ4v) is 4.84. The van der Waals surface area contributed by atoms with Gasteiger partial charge in [0.15, 0.2) is 5.17 Å². The van der Waals surface area contributed by atoms with Gasteiger partial charge in [0.05, 0.1) is 16.9 Å². The average Bonchev–Trinajstić information content (AvgIpc) is 2.96. The Morgan fingerprint density at radius 1 is 1.14 bits per heavy atom. The van der Waals surface area contributed by atoms with Crippen LogP contribution < -0.4 is 4.74 Å². The van der Waals surface area contributed by atoms with Crippen molar-refractivity contribution in [2.24, 2.45) is 4.40 Å². The number of methoxy groups -OCH3 is 1. The number of hydrogen-bond donors (Lipinski definition) is 0. The summed E-state index contributed by atoms with van der Waals surface area (Å²) in [5.41, 5.74) is 0.800. The average molecular weight is 437 g/mol. The normalized spacial score (nSPS) is 17.5. The minimum Gasteiger partial charge on any atom is -0.497 e. The third-order valence-electron chi connectivity index (χ3n) is 3.93. The second-order valence-corrected chi connectivity index (χ2v) is 8.79. The lowest BCUT2D eigenvalue weighted by atomic mass is 10.2. The van der Waals surface area contributed by atoms with Gasteiger partial charge in [-0.3, -0.25) is 9.69 Å². The molecule has 0 radical (unpaired) electrons. The number of nitrogens with zero attached hydrogens (tertiary/aromatic N) is 2. The van der Waals surface area contributed by atoms with E-state index in [9.17, 15) is 13.2 Å². The van der Waals surface area contributed by atoms with Crippen LogP contribution in [0.1, 0.15) is 12.5 Å². The zero-order chi connectivity index (χ0) is 20.3. The molecule has 0 aliphatic carbocycles. The number of rotatable bonds is 5. The van der Waals surface area contributed by atoms with Crippen LogP contribution in [-0.2, 0) is 14.8 Å². The lowest BCUT2D eigenvalue weighted by Crippen LogP contribution is -2.29. The summed E-state index contributed by atoms with van der Waals surface area (Å²) in [5.74, 6) is 0.424. The summed E-state index contributed by atoms with van der Waals surface area (Å²) < 4.78 is 34.2. The number of sulfonamides is 1. The number of halogens is 1. The molecule has 3 rings (SSSR count). The highest BCUT2D eigenvalue weighted by atomic mass is 35.5. The minimum absolute atomic E-state index is 0.0149. The number of amides is 1. The second kappa shape index (κ2) is 8.38. The zero-order valence-corrected chi connectivity index (χ0v) is 17.5. The molecule has 1 aliphatic heterocycles. The molecule has 1 amide bonds. The van der Waals surface area contributed by atoms with E-state index >= 15 is 0 Å². The standard InChI is InChI=1S/C19H17ClN2O4S2/c1-3-22-18(23)17(12-13-4-8-15(26-2)9-5-13)27-19(22)21-28(24,25)16-10-6-14(20)7-11-16/h4-12H,3H2,1-2H3/b17-12-,21-19+. The molecule has 2 aromatic rings. The summed E-state index contributed by atoms with van der Waals surface area (Å²) in [6.07, 6.45) is 1.70. The van der Waals surface area contributed by atoms with Crippen LogP contribution in [0.3, 0.4) is 0 Å². The molecule has 1 saturated heterocycles. The topological polar surface area (TPSA) is 76.0 Å². The largest absolute Gasteiger partial charge is 0.497 e. The molecule has 146 valence electrons. The summed E-state index contributed by atoms with van der Waals surface area (Å²) in [7, 11) is -2.39. The molecular weight excluding hydrogens is 420 g/mol. The summed E-state index contributed by atoms with van der Waals surface area (Å²) in [4.78, 5) is 14.4. The highest BCUT2D eigenvalue weighted by molar-refractivity contribution is 8.19. The van der Waals surface area contributed by atoms with Gasteiger partial charge < -0.3 is 4.74 Å². The lowest BCUT2D eigenvalue weighted by Gasteiger charge is -2.11. The van der Waals surface area contributed by atoms with E-state index in [4.69, 9.17) is 16.3 Å². The minimum atomic E-state index is -3.96. The van der Waals surface area contributed by atoms with Crippen LogP contribution in [0.25, 0.3) is 6.08 Å². The van der Waals surface area contributed by atoms with Gasteiger partial charge in [0.1, 0.15) is 5.75 Å². The van der Waals surface area contributed by atoms with Crippen LogP contribution in [0, 0.1) is 0 Å². The first-order chi connectivity index (χ1) is 13.3. The Bertz CT molecular complexity index is 1050. The van der Waals surface area contributed by atoms with Crippen molar-refractivity contribution in [3.8, 4) is 5.75 Å². The molecular formula is C19H17ClN2O4S2. The van der Waals surface area contributed by atoms with E-state index in [1.165, 1.54) is 29.2 Å². The molecule has 28 heavy (non-hydrogen) atoms. The molecule has 0 bridgehead atoms. The Hall–Kier alpha value is -2.29. The van der Waals surface area contributed by atoms with Crippen molar-refractivity contribution in [2.45, 2.75) is 11.8 Å². The fourth-order valence-electron chi connectivity index (χ4n) is 2.47. The smallest absolute Gasteiger partial charge is 0.284 e. The molecule has 1 fully saturated rings. The maximum absolute atomic E-state index is 12.7. The third kappa shape index (κ3) is 4.40. The summed E-state index contributed by atoms with van der Waals surface area (Å²) in [5, 5.41) is 0.555. The zero-order valence-electron chi connectivity index (χ0n) is 15.1. The lowest BCUT2D eigenvalue weighted by molar-refractivity contribution is -0.122. The van der Waals surface area contributed by atoms with Crippen molar-refractivity contribution in [3.05, 3.63) is 64.0 Å². The summed E-state index contributed by atoms with van der Waals surface area (Å²) >= 11 is 6.84. The van der Waals surface area contributed by atoms with Crippen molar-refractivity contribution < 1.29 is 17.9 Å². The Morgan fingerprint density at radius 3 is 2.36 bits per heavy atom. The molecule has 0 saturated carbocycles. The van der Waals surface area contributed by atoms with Gasteiger partial charge in [-0.05, 0) is 66.7 Å². The Morgan fingerprint density at radius 2 is 1.79 bits per heavy atom. The highest BCUT2D eigenvalue weighted by Crippen LogP contribution is 2.33. The van der Waals surface area contributed by atoms with Crippen molar-refractivity contribution >= 4 is 50.5 Å². The van der Waals surface area contributed by atoms with Crippen LogP contribution in [0.15, 0.2) is 62.7 Å². The SMILES string of the molecule is CCN1C(=O)/C(=C/c2ccc(OC)cc2)S/C1=N/S(=O)(=O)c1ccc(Cl)cc1. The van der Waals surface area contributed by atoms with Gasteiger partial charge >= 0.3 is 0 Å². The van der Waals surface area contributed by atoms with E-state index in [1.54, 1.807) is 32.2 Å². The van der Waals surface area contributed by atoms with Crippen molar-refractivity contribution in [2.75, 3.05) is 13.7 Å². The van der Waals surface area contributed by atoms with Crippen LogP contribution in [-0.4, -0.2) is 38.0 Å². The second-order valence-electron chi connectivity index (χ2n) is 5.74. The quantitative estimate of drug-likeness (QED) is 0.661. The van der Waals surface area contributed by atoms with Crippen molar-refractivity contribution in [3.63, 3.8) is 0 Å². The van der Waals surface area contributed by atoms with Gasteiger partial charge in [-0.2, -0.15) is 8.42 Å². The van der Waals surface area contributed by atoms with Gasteiger partial charge in [0.2, 0.25) is 0 Å². The van der Waals surface area contributed by atoms with E-state index in [-0.39, 0.29) is 16.0 Å². The van der Waals surface area contributed by atoms with Crippen LogP contribution in [0.2, 0.25) is 5.02 Å². The van der Waals surface area contributed by atoms with E-state index in [0.717, 1.165) is 17.3 Å². The first-order valence-corrected chi connectivity index (χ1v) is 10.9. The van der Waals surface area contributed by atoms with Gasteiger partial charge in [-0.15, -0.1) is 4.40 Å². The molecule has 9 heteroatoms. The van der Waals surface area contributed by atoms with Gasteiger partial charge in [-0.1, -0.05) is 23.7 Å². The molecule has 1 aliphatic rings. The molecule has 2 aromatic carbocycles. The number of amidine groups is 1. The van der Waals surface area contributed by atoms with E-state index in [1.807, 2.05) is 12.1 Å². The van der Waals surface area contributed by atoms with E-state index in [2.05, 4.69) is 4.40 Å². The van der Waals surface area contributed by atoms with Gasteiger partial charge in [-0.25, -0.2) is 0 Å². The highest BCUT2D eigenvalue weighted by Gasteiger charge is 2.34. The van der Waals surface area contributed by atoms with Crippen LogP contribution >= 0.6 is 23.4 Å². The van der Waals surface area contributed by atoms with E-state index in [0.29, 0.717) is 22.2 Å². The van der Waals surface area contributed by atoms with Crippen LogP contribution in [0.4, 0.5) is 0 Å². The number of carbonyl (C=O) groups is 1. The summed E-state index contributed by atoms with van der Waals surface area (Å²) in [6, 6.07) is 12.9. The fraction of sp³-hybridized carbons (Fsp3) is 0.158. The number of carbonyl (C=O) groups excluding carboxylic acids is 1. The first kappa shape index (κ1) is 20.4. The molecule has 0 atom stereocenters. The summed E-state index contributed by atoms with van der Waals surface area (Å²) in [6.45, 7) is 2.07. The van der Waals surface area contributed by atoms with Crippen molar-refractivity contribution in [1.82, 2.24) is 4.90 Å². The van der Waals surface area contributed by atoms with Crippen molar-refractivity contribution in [1.29, 1.82) is 0 Å². The van der Waals surface area contributed by atoms with Gasteiger partial charge in [0, 0.05) is 11.6 Å². The molecule has 0 aromatic heterocycles. The first-order valence-electron chi connectivity index (χ1n) is 8.30. The maximum atomic E-state index is 12.7. The van der Waals surface area contributed by atoms with E-state index < -0.39 is 10.0 Å². The molecule has 0 spiro atoms. The maximum Gasteiger partial charge on any atom is 0.284 e. The molecule has 0 unspecified atom stereocenters. The predicted molar refractivity (Wildman–Crippen MR) is 112 cm³/mol. The number of hydrogen-bond acceptors (Lipinski definition) is 5. The Labute approximate surface area is 172 Å². The van der Waals surface area contributed by atoms with Gasteiger partial charge in [0.25, 0.3) is 15.9 Å². The number of thioether (sulfide) groups is 1. The number of likely N-dealkylation sites (N-methyl/N-ethyl adjacent to an activating group) is 1. The number of ether oxygens (including phenoxy) is 1. The van der Waals surface area contributed by atoms with Crippen LogP contribution in [0.5, 0.6) is 5.75 Å². The molecule has 6 nitrogen and oxygen atoms in total. The molecule has 0 N–H and O–H groups in total. The number of benzene rings is 2.